The number of nitrogens with zero attached hydrogens (tertiary/aromatic N) is 5. The zero-order valence-corrected chi connectivity index (χ0v) is 18.8. The molecule has 4 heterocycles. The fourth-order valence-electron chi connectivity index (χ4n) is 5.28. The van der Waals surface area contributed by atoms with E-state index < -0.39 is 15.8 Å². The summed E-state index contributed by atoms with van der Waals surface area (Å²) in [5, 5.41) is 4.06. The van der Waals surface area contributed by atoms with E-state index in [1.54, 1.807) is 24.1 Å². The minimum absolute atomic E-state index is 0.0290. The van der Waals surface area contributed by atoms with Crippen molar-refractivity contribution in [3.05, 3.63) is 78.8 Å². The van der Waals surface area contributed by atoms with Gasteiger partial charge >= 0.3 is 0 Å². The van der Waals surface area contributed by atoms with Crippen LogP contribution in [-0.2, 0) is 22.6 Å². The number of fused-ring (bicyclic) bond motifs is 5. The second-order valence-electron chi connectivity index (χ2n) is 8.67. The smallest absolute Gasteiger partial charge is 0.243 e. The van der Waals surface area contributed by atoms with Crippen molar-refractivity contribution in [2.75, 3.05) is 13.1 Å². The fraction of sp³-hybridized carbons (Fsp3) is 0.250. The number of benzene rings is 2. The Morgan fingerprint density at radius 2 is 1.82 bits per heavy atom. The van der Waals surface area contributed by atoms with Crippen LogP contribution in [0.5, 0.6) is 0 Å². The van der Waals surface area contributed by atoms with Gasteiger partial charge in [0.15, 0.2) is 0 Å². The number of halogens is 1. The maximum atomic E-state index is 14.8. The number of rotatable bonds is 3. The minimum Gasteiger partial charge on any atom is -0.320 e. The third-order valence-electron chi connectivity index (χ3n) is 6.95. The van der Waals surface area contributed by atoms with E-state index in [2.05, 4.69) is 26.8 Å². The van der Waals surface area contributed by atoms with Crippen molar-refractivity contribution in [1.82, 2.24) is 23.6 Å². The third kappa shape index (κ3) is 2.92. The maximum absolute atomic E-state index is 14.8. The topological polar surface area (TPSA) is 73.0 Å². The number of aromatic nitrogens is 4. The van der Waals surface area contributed by atoms with Crippen molar-refractivity contribution in [2.45, 2.75) is 23.3 Å². The summed E-state index contributed by atoms with van der Waals surface area (Å²) in [6.45, 7) is 0.695. The predicted octanol–water partition coefficient (Wildman–Crippen LogP) is 3.63. The highest BCUT2D eigenvalue weighted by molar-refractivity contribution is 7.89. The van der Waals surface area contributed by atoms with Gasteiger partial charge in [-0.15, -0.1) is 0 Å². The van der Waals surface area contributed by atoms with Crippen LogP contribution >= 0.6 is 0 Å². The van der Waals surface area contributed by atoms with E-state index in [0.717, 1.165) is 17.3 Å². The molecule has 2 aromatic carbocycles. The van der Waals surface area contributed by atoms with Crippen LogP contribution in [0.2, 0.25) is 0 Å². The first-order valence-electron chi connectivity index (χ1n) is 10.8. The molecule has 33 heavy (non-hydrogen) atoms. The van der Waals surface area contributed by atoms with Gasteiger partial charge in [0.1, 0.15) is 5.82 Å². The van der Waals surface area contributed by atoms with Gasteiger partial charge in [-0.3, -0.25) is 4.68 Å². The zero-order chi connectivity index (χ0) is 22.8. The van der Waals surface area contributed by atoms with Crippen LogP contribution in [0.25, 0.3) is 22.4 Å². The van der Waals surface area contributed by atoms with Gasteiger partial charge in [-0.25, -0.2) is 17.8 Å². The highest BCUT2D eigenvalue weighted by Crippen LogP contribution is 2.49. The molecule has 1 fully saturated rings. The molecular formula is C24H22FN5O2S. The summed E-state index contributed by atoms with van der Waals surface area (Å²) in [6.07, 6.45) is 8.21. The number of hydrogen-bond donors (Lipinski definition) is 0. The first-order chi connectivity index (χ1) is 15.9. The zero-order valence-electron chi connectivity index (χ0n) is 18.0. The molecule has 0 amide bonds. The lowest BCUT2D eigenvalue weighted by Crippen LogP contribution is -2.47. The summed E-state index contributed by atoms with van der Waals surface area (Å²) in [4.78, 5) is 4.31. The molecule has 0 N–H and O–H groups in total. The molecule has 1 spiro atoms. The molecule has 2 aromatic heterocycles. The van der Waals surface area contributed by atoms with Gasteiger partial charge in [-0.05, 0) is 36.6 Å². The monoisotopic (exact) mass is 463 g/mol. The van der Waals surface area contributed by atoms with E-state index >= 15 is 0 Å². The van der Waals surface area contributed by atoms with E-state index in [1.807, 2.05) is 24.7 Å². The molecule has 9 heteroatoms. The summed E-state index contributed by atoms with van der Waals surface area (Å²) < 4.78 is 46.8. The molecule has 0 unspecified atom stereocenters. The van der Waals surface area contributed by atoms with Crippen LogP contribution in [-0.4, -0.2) is 45.1 Å². The molecule has 0 bridgehead atoms. The van der Waals surface area contributed by atoms with Gasteiger partial charge in [0, 0.05) is 43.0 Å². The number of piperidine rings is 1. The molecule has 2 aliphatic heterocycles. The van der Waals surface area contributed by atoms with E-state index in [1.165, 1.54) is 22.0 Å². The van der Waals surface area contributed by atoms with Crippen molar-refractivity contribution in [1.29, 1.82) is 0 Å². The molecule has 4 aromatic rings. The Hall–Kier alpha value is -3.30. The summed E-state index contributed by atoms with van der Waals surface area (Å²) in [6, 6.07) is 12.3. The number of sulfonamides is 1. The van der Waals surface area contributed by atoms with Crippen LogP contribution in [0.4, 0.5) is 4.39 Å². The summed E-state index contributed by atoms with van der Waals surface area (Å²) in [7, 11) is -2.07. The highest BCUT2D eigenvalue weighted by Gasteiger charge is 2.46. The second-order valence-corrected chi connectivity index (χ2v) is 10.6. The lowest BCUT2D eigenvalue weighted by atomic mass is 9.81. The van der Waals surface area contributed by atoms with E-state index in [9.17, 15) is 12.8 Å². The summed E-state index contributed by atoms with van der Waals surface area (Å²) in [5.74, 6) is -0.578. The van der Waals surface area contributed by atoms with Crippen LogP contribution < -0.4 is 0 Å². The Morgan fingerprint density at radius 3 is 2.55 bits per heavy atom. The SMILES string of the molecule is Cn1cc(-c2ccc(S(=O)(=O)N3CCC4(CC3)c3ccccc3-c3cncn34)cc2F)cn1. The molecule has 6 rings (SSSR count). The van der Waals surface area contributed by atoms with E-state index in [4.69, 9.17) is 0 Å². The van der Waals surface area contributed by atoms with Gasteiger partial charge in [-0.2, -0.15) is 9.40 Å². The number of imidazole rings is 1. The Balaban J connectivity index is 1.29. The average Bonchev–Trinajstić information content (AvgIpc) is 3.53. The molecule has 7 nitrogen and oxygen atoms in total. The van der Waals surface area contributed by atoms with Gasteiger partial charge < -0.3 is 4.57 Å². The number of hydrogen-bond acceptors (Lipinski definition) is 4. The van der Waals surface area contributed by atoms with Crippen LogP contribution in [0, 0.1) is 5.82 Å². The van der Waals surface area contributed by atoms with Gasteiger partial charge in [-0.1, -0.05) is 24.3 Å². The molecule has 168 valence electrons. The van der Waals surface area contributed by atoms with E-state index in [-0.39, 0.29) is 10.4 Å². The minimum atomic E-state index is -3.82. The van der Waals surface area contributed by atoms with E-state index in [0.29, 0.717) is 37.1 Å². The average molecular weight is 464 g/mol. The second kappa shape index (κ2) is 7.10. The van der Waals surface area contributed by atoms with Gasteiger partial charge in [0.05, 0.1) is 34.8 Å². The maximum Gasteiger partial charge on any atom is 0.243 e. The molecule has 0 saturated carbocycles. The standard InChI is InChI=1S/C24H22FN5O2S/c1-28-15-17(13-27-28)19-7-6-18(12-22(19)25)33(31,32)29-10-8-24(9-11-29)21-5-3-2-4-20(21)23-14-26-16-30(23)24/h2-7,12-16H,8-11H2,1H3. The summed E-state index contributed by atoms with van der Waals surface area (Å²) >= 11 is 0. The molecule has 0 radical (unpaired) electrons. The predicted molar refractivity (Wildman–Crippen MR) is 121 cm³/mol. The van der Waals surface area contributed by atoms with Gasteiger partial charge in [0.2, 0.25) is 10.0 Å². The van der Waals surface area contributed by atoms with Crippen LogP contribution in [0.3, 0.4) is 0 Å². The lowest BCUT2D eigenvalue weighted by molar-refractivity contribution is 0.208. The molecule has 2 aliphatic rings. The molecule has 0 aliphatic carbocycles. The van der Waals surface area contributed by atoms with Crippen molar-refractivity contribution < 1.29 is 12.8 Å². The number of aryl methyl sites for hydroxylation is 1. The Bertz CT molecular complexity index is 1480. The molecule has 1 saturated heterocycles. The van der Waals surface area contributed by atoms with Crippen molar-refractivity contribution >= 4 is 10.0 Å². The van der Waals surface area contributed by atoms with Crippen LogP contribution in [0.1, 0.15) is 18.4 Å². The Labute approximate surface area is 191 Å². The normalized spacial score (nSPS) is 17.3. The first-order valence-corrected chi connectivity index (χ1v) is 12.3. The third-order valence-corrected chi connectivity index (χ3v) is 8.84. The Morgan fingerprint density at radius 1 is 1.03 bits per heavy atom. The highest BCUT2D eigenvalue weighted by atomic mass is 32.2. The molecular weight excluding hydrogens is 441 g/mol. The first kappa shape index (κ1) is 20.3. The van der Waals surface area contributed by atoms with Gasteiger partial charge in [0.25, 0.3) is 0 Å². The van der Waals surface area contributed by atoms with Crippen molar-refractivity contribution in [3.63, 3.8) is 0 Å². The summed E-state index contributed by atoms with van der Waals surface area (Å²) in [5.41, 5.74) is 4.06. The fourth-order valence-corrected chi connectivity index (χ4v) is 6.74. The van der Waals surface area contributed by atoms with Crippen molar-refractivity contribution in [2.24, 2.45) is 7.05 Å². The van der Waals surface area contributed by atoms with Crippen molar-refractivity contribution in [3.8, 4) is 22.4 Å². The Kier molecular flexibility index (Phi) is 4.37. The van der Waals surface area contributed by atoms with Crippen LogP contribution in [0.15, 0.2) is 72.3 Å². The molecule has 0 atom stereocenters. The largest absolute Gasteiger partial charge is 0.320 e. The lowest BCUT2D eigenvalue weighted by Gasteiger charge is -2.40. The quantitative estimate of drug-likeness (QED) is 0.465.